The monoisotopic (exact) mass is 425 g/mol. The Morgan fingerprint density at radius 3 is 2.03 bits per heavy atom. The first-order chi connectivity index (χ1) is 14.5. The summed E-state index contributed by atoms with van der Waals surface area (Å²) in [5.41, 5.74) is 0.648. The minimum Gasteiger partial charge on any atom is -0.489 e. The molecule has 3 rings (SSSR count). The lowest BCUT2D eigenvalue weighted by molar-refractivity contribution is -0.384. The highest BCUT2D eigenvalue weighted by molar-refractivity contribution is 6.18. The van der Waals surface area contributed by atoms with Gasteiger partial charge in [0.25, 0.3) is 11.5 Å². The molecule has 0 bridgehead atoms. The van der Waals surface area contributed by atoms with Gasteiger partial charge in [0, 0.05) is 24.5 Å². The predicted molar refractivity (Wildman–Crippen MR) is 112 cm³/mol. The first-order valence-electron chi connectivity index (χ1n) is 9.63. The van der Waals surface area contributed by atoms with Gasteiger partial charge in [-0.2, -0.15) is 0 Å². The van der Waals surface area contributed by atoms with E-state index in [9.17, 15) is 19.7 Å². The molecule has 0 aliphatic carbocycles. The summed E-state index contributed by atoms with van der Waals surface area (Å²) < 4.78 is 16.5. The highest BCUT2D eigenvalue weighted by atomic mass is 16.7. The maximum Gasteiger partial charge on any atom is 0.348 e. The van der Waals surface area contributed by atoms with Gasteiger partial charge in [-0.15, -0.1) is 0 Å². The second-order valence-electron chi connectivity index (χ2n) is 8.31. The Bertz CT molecular complexity index is 1010. The van der Waals surface area contributed by atoms with Crippen molar-refractivity contribution in [2.45, 2.75) is 40.1 Å². The van der Waals surface area contributed by atoms with Crippen molar-refractivity contribution in [1.82, 2.24) is 0 Å². The Kier molecular flexibility index (Phi) is 5.83. The molecule has 8 nitrogen and oxygen atoms in total. The van der Waals surface area contributed by atoms with Crippen LogP contribution in [0.2, 0.25) is 0 Å². The summed E-state index contributed by atoms with van der Waals surface area (Å²) in [6, 6.07) is 12.9. The van der Waals surface area contributed by atoms with E-state index >= 15 is 0 Å². The van der Waals surface area contributed by atoms with E-state index in [-0.39, 0.29) is 17.9 Å². The van der Waals surface area contributed by atoms with E-state index in [1.54, 1.807) is 43.3 Å². The zero-order valence-electron chi connectivity index (χ0n) is 17.7. The van der Waals surface area contributed by atoms with Gasteiger partial charge in [0.1, 0.15) is 17.9 Å². The quantitative estimate of drug-likeness (QED) is 0.230. The second-order valence-corrected chi connectivity index (χ2v) is 8.31. The van der Waals surface area contributed by atoms with E-state index in [1.165, 1.54) is 18.2 Å². The molecule has 0 unspecified atom stereocenters. The molecule has 1 saturated heterocycles. The first-order valence-corrected chi connectivity index (χ1v) is 9.63. The molecular formula is C23H23NO7. The summed E-state index contributed by atoms with van der Waals surface area (Å²) >= 11 is 0. The van der Waals surface area contributed by atoms with Crippen LogP contribution >= 0.6 is 0 Å². The van der Waals surface area contributed by atoms with Crippen molar-refractivity contribution in [2.75, 3.05) is 0 Å². The number of rotatable bonds is 5. The molecule has 31 heavy (non-hydrogen) atoms. The van der Waals surface area contributed by atoms with Crippen molar-refractivity contribution >= 4 is 23.7 Å². The molecule has 0 amide bonds. The van der Waals surface area contributed by atoms with Crippen LogP contribution in [0.15, 0.2) is 54.1 Å². The van der Waals surface area contributed by atoms with Crippen LogP contribution in [0.4, 0.5) is 5.69 Å². The second kappa shape index (κ2) is 8.22. The van der Waals surface area contributed by atoms with Crippen molar-refractivity contribution < 1.29 is 28.7 Å². The van der Waals surface area contributed by atoms with Crippen molar-refractivity contribution in [3.8, 4) is 5.75 Å². The number of nitrogens with zero attached hydrogens (tertiary/aromatic N) is 1. The molecule has 1 aliphatic heterocycles. The van der Waals surface area contributed by atoms with Crippen molar-refractivity contribution in [3.63, 3.8) is 0 Å². The summed E-state index contributed by atoms with van der Waals surface area (Å²) in [5.74, 6) is -2.23. The fraction of sp³-hybridized carbons (Fsp3) is 0.304. The molecule has 2 aromatic carbocycles. The van der Waals surface area contributed by atoms with Gasteiger partial charge in [0.2, 0.25) is 0 Å². The highest BCUT2D eigenvalue weighted by Crippen LogP contribution is 2.39. The SMILES string of the molecule is CC(C)(C)C1(C)OC(=O)C(=Cc2ccc(OCc3ccc([N+](=O)[O-])cc3)cc2)C(=O)O1. The molecule has 1 fully saturated rings. The average Bonchev–Trinajstić information content (AvgIpc) is 2.69. The van der Waals surface area contributed by atoms with Gasteiger partial charge in [-0.05, 0) is 41.5 Å². The number of esters is 2. The average molecular weight is 425 g/mol. The largest absolute Gasteiger partial charge is 0.489 e. The molecule has 162 valence electrons. The van der Waals surface area contributed by atoms with Gasteiger partial charge in [-0.1, -0.05) is 32.9 Å². The summed E-state index contributed by atoms with van der Waals surface area (Å²) in [6.07, 6.45) is 1.41. The van der Waals surface area contributed by atoms with Crippen LogP contribution in [0, 0.1) is 15.5 Å². The van der Waals surface area contributed by atoms with E-state index in [1.807, 2.05) is 20.8 Å². The topological polar surface area (TPSA) is 105 Å². The maximum atomic E-state index is 12.4. The zero-order valence-corrected chi connectivity index (χ0v) is 17.7. The van der Waals surface area contributed by atoms with Crippen LogP contribution in [-0.4, -0.2) is 22.6 Å². The number of carbonyl (C=O) groups excluding carboxylic acids is 2. The number of hydrogen-bond donors (Lipinski definition) is 0. The molecule has 0 atom stereocenters. The van der Waals surface area contributed by atoms with E-state index < -0.39 is 28.1 Å². The molecule has 1 aliphatic rings. The van der Waals surface area contributed by atoms with E-state index in [0.717, 1.165) is 5.56 Å². The highest BCUT2D eigenvalue weighted by Gasteiger charge is 2.50. The van der Waals surface area contributed by atoms with Gasteiger partial charge in [0.05, 0.1) is 4.92 Å². The molecule has 0 radical (unpaired) electrons. The smallest absolute Gasteiger partial charge is 0.348 e. The van der Waals surface area contributed by atoms with Crippen molar-refractivity contribution in [3.05, 3.63) is 75.3 Å². The van der Waals surface area contributed by atoms with Gasteiger partial charge in [-0.3, -0.25) is 10.1 Å². The minimum absolute atomic E-state index is 0.0173. The normalized spacial score (nSPS) is 18.8. The number of non-ortho nitro benzene ring substituents is 1. The maximum absolute atomic E-state index is 12.4. The number of ether oxygens (including phenoxy) is 3. The Labute approximate surface area is 179 Å². The summed E-state index contributed by atoms with van der Waals surface area (Å²) in [7, 11) is 0. The first kappa shape index (κ1) is 22.0. The Morgan fingerprint density at radius 2 is 1.55 bits per heavy atom. The Morgan fingerprint density at radius 1 is 1.00 bits per heavy atom. The third-order valence-electron chi connectivity index (χ3n) is 5.12. The van der Waals surface area contributed by atoms with Crippen LogP contribution in [0.1, 0.15) is 38.8 Å². The molecule has 8 heteroatoms. The minimum atomic E-state index is -1.34. The fourth-order valence-electron chi connectivity index (χ4n) is 2.70. The number of cyclic esters (lactones) is 2. The molecule has 0 N–H and O–H groups in total. The lowest BCUT2D eigenvalue weighted by atomic mass is 9.85. The molecule has 0 saturated carbocycles. The Balaban J connectivity index is 1.66. The standard InChI is InChI=1S/C23H23NO7/c1-22(2,3)23(4)30-20(25)19(21(26)31-23)13-15-7-11-18(12-8-15)29-14-16-5-9-17(10-6-16)24(27)28/h5-13H,14H2,1-4H3. The molecular weight excluding hydrogens is 402 g/mol. The molecule has 0 spiro atoms. The summed E-state index contributed by atoms with van der Waals surface area (Å²) in [6.45, 7) is 7.26. The molecule has 1 heterocycles. The van der Waals surface area contributed by atoms with E-state index in [2.05, 4.69) is 0 Å². The summed E-state index contributed by atoms with van der Waals surface area (Å²) in [5, 5.41) is 10.7. The zero-order chi connectivity index (χ0) is 22.8. The lowest BCUT2D eigenvalue weighted by Crippen LogP contribution is -2.52. The van der Waals surface area contributed by atoms with Crippen LogP contribution in [0.5, 0.6) is 5.75 Å². The van der Waals surface area contributed by atoms with Crippen LogP contribution in [0.25, 0.3) is 6.08 Å². The van der Waals surface area contributed by atoms with Crippen LogP contribution in [-0.2, 0) is 25.7 Å². The van der Waals surface area contributed by atoms with Gasteiger partial charge in [-0.25, -0.2) is 9.59 Å². The van der Waals surface area contributed by atoms with Crippen LogP contribution in [0.3, 0.4) is 0 Å². The van der Waals surface area contributed by atoms with E-state index in [0.29, 0.717) is 11.3 Å². The predicted octanol–water partition coefficient (Wildman–Crippen LogP) is 4.42. The van der Waals surface area contributed by atoms with Crippen molar-refractivity contribution in [1.29, 1.82) is 0 Å². The summed E-state index contributed by atoms with van der Waals surface area (Å²) in [4.78, 5) is 35.0. The fourth-order valence-corrected chi connectivity index (χ4v) is 2.70. The van der Waals surface area contributed by atoms with Gasteiger partial charge in [0.15, 0.2) is 0 Å². The van der Waals surface area contributed by atoms with E-state index in [4.69, 9.17) is 14.2 Å². The number of nitro groups is 1. The molecule has 2 aromatic rings. The van der Waals surface area contributed by atoms with Gasteiger partial charge < -0.3 is 14.2 Å². The third kappa shape index (κ3) is 4.91. The number of carbonyl (C=O) groups is 2. The third-order valence-corrected chi connectivity index (χ3v) is 5.12. The van der Waals surface area contributed by atoms with Gasteiger partial charge >= 0.3 is 11.9 Å². The lowest BCUT2D eigenvalue weighted by Gasteiger charge is -2.42. The van der Waals surface area contributed by atoms with Crippen molar-refractivity contribution in [2.24, 2.45) is 5.41 Å². The van der Waals surface area contributed by atoms with Crippen LogP contribution < -0.4 is 4.74 Å². The Hall–Kier alpha value is -3.68. The molecule has 0 aromatic heterocycles. The number of nitro benzene ring substituents is 1. The number of hydrogen-bond acceptors (Lipinski definition) is 7. The number of benzene rings is 2.